The number of hydrogen-bond donors (Lipinski definition) is 1. The van der Waals surface area contributed by atoms with Gasteiger partial charge in [-0.15, -0.1) is 13.2 Å². The van der Waals surface area contributed by atoms with E-state index >= 15 is 0 Å². The van der Waals surface area contributed by atoms with Crippen LogP contribution >= 0.6 is 0 Å². The van der Waals surface area contributed by atoms with E-state index in [0.717, 1.165) is 16.6 Å². The topological polar surface area (TPSA) is 92.4 Å². The largest absolute Gasteiger partial charge is 0.573 e. The molecule has 0 unspecified atom stereocenters. The van der Waals surface area contributed by atoms with Gasteiger partial charge in [0.25, 0.3) is 5.56 Å². The Morgan fingerprint density at radius 1 is 1.03 bits per heavy atom. The van der Waals surface area contributed by atoms with Crippen molar-refractivity contribution in [2.45, 2.75) is 13.3 Å². The molecule has 0 radical (unpaired) electrons. The van der Waals surface area contributed by atoms with E-state index in [2.05, 4.69) is 14.8 Å². The molecule has 0 aliphatic heterocycles. The summed E-state index contributed by atoms with van der Waals surface area (Å²) in [7, 11) is 0. The summed E-state index contributed by atoms with van der Waals surface area (Å²) in [5.74, 6) is 0.394. The maximum atomic E-state index is 12.8. The number of alkyl halides is 3. The molecule has 156 valence electrons. The molecule has 4 rings (SSSR count). The number of aromatic nitrogens is 3. The predicted octanol–water partition coefficient (Wildman–Crippen LogP) is 4.56. The summed E-state index contributed by atoms with van der Waals surface area (Å²) in [6.45, 7) is 1.72. The molecule has 4 aromatic rings. The molecule has 0 saturated heterocycles. The molecule has 2 aromatic carbocycles. The Morgan fingerprint density at radius 2 is 1.61 bits per heavy atom. The van der Waals surface area contributed by atoms with Crippen LogP contribution in [0.1, 0.15) is 11.3 Å². The van der Waals surface area contributed by atoms with Crippen molar-refractivity contribution >= 4 is 5.65 Å². The lowest BCUT2D eigenvalue weighted by Crippen LogP contribution is -2.19. The van der Waals surface area contributed by atoms with Gasteiger partial charge in [0.05, 0.1) is 11.8 Å². The number of halogens is 3. The summed E-state index contributed by atoms with van der Waals surface area (Å²) >= 11 is 0. The number of fused-ring (bicyclic) bond motifs is 1. The normalized spacial score (nSPS) is 11.3. The van der Waals surface area contributed by atoms with Crippen LogP contribution in [0.15, 0.2) is 59.5 Å². The van der Waals surface area contributed by atoms with E-state index in [0.29, 0.717) is 34.0 Å². The number of aromatic amines is 1. The van der Waals surface area contributed by atoms with Gasteiger partial charge in [-0.2, -0.15) is 14.9 Å². The Bertz CT molecular complexity index is 1350. The highest BCUT2D eigenvalue weighted by Gasteiger charge is 2.31. The first-order valence-corrected chi connectivity index (χ1v) is 8.90. The van der Waals surface area contributed by atoms with Crippen molar-refractivity contribution in [3.05, 3.63) is 76.3 Å². The van der Waals surface area contributed by atoms with Crippen LogP contribution in [0.5, 0.6) is 17.2 Å². The lowest BCUT2D eigenvalue weighted by Gasteiger charge is -2.11. The fraction of sp³-hybridized carbons (Fsp3) is 0.0952. The second kappa shape index (κ2) is 7.53. The molecule has 0 aliphatic rings. The zero-order valence-corrected chi connectivity index (χ0v) is 15.9. The summed E-state index contributed by atoms with van der Waals surface area (Å²) < 4.78 is 47.3. The van der Waals surface area contributed by atoms with E-state index in [4.69, 9.17) is 10.00 Å². The van der Waals surface area contributed by atoms with Crippen LogP contribution in [0, 0.1) is 18.3 Å². The second-order valence-corrected chi connectivity index (χ2v) is 6.51. The van der Waals surface area contributed by atoms with Crippen molar-refractivity contribution < 1.29 is 22.6 Å². The van der Waals surface area contributed by atoms with Gasteiger partial charge in [0, 0.05) is 5.69 Å². The van der Waals surface area contributed by atoms with Gasteiger partial charge in [-0.25, -0.2) is 0 Å². The van der Waals surface area contributed by atoms with E-state index in [1.54, 1.807) is 31.2 Å². The second-order valence-electron chi connectivity index (χ2n) is 6.51. The third-order valence-corrected chi connectivity index (χ3v) is 4.41. The smallest absolute Gasteiger partial charge is 0.457 e. The number of aryl methyl sites for hydroxylation is 1. The summed E-state index contributed by atoms with van der Waals surface area (Å²) in [6.07, 6.45) is -3.44. The van der Waals surface area contributed by atoms with Crippen LogP contribution < -0.4 is 15.0 Å². The van der Waals surface area contributed by atoms with Crippen molar-refractivity contribution in [2.24, 2.45) is 0 Å². The van der Waals surface area contributed by atoms with Crippen molar-refractivity contribution in [3.8, 4) is 34.4 Å². The van der Waals surface area contributed by atoms with E-state index in [1.807, 2.05) is 6.07 Å². The van der Waals surface area contributed by atoms with Crippen LogP contribution in [0.4, 0.5) is 13.2 Å². The van der Waals surface area contributed by atoms with E-state index in [1.165, 1.54) is 18.3 Å². The first-order chi connectivity index (χ1) is 14.7. The average Bonchev–Trinajstić information content (AvgIpc) is 3.13. The van der Waals surface area contributed by atoms with Crippen molar-refractivity contribution in [1.29, 1.82) is 5.26 Å². The molecule has 0 atom stereocenters. The standard InChI is InChI=1S/C21H13F3N4O3/c1-12-18(20(29)28-19(27-12)14(10-25)11-26-28)13-2-4-15(5-3-13)30-16-6-8-17(9-7-16)31-21(22,23)24/h2-9,11,27H,1H3. The van der Waals surface area contributed by atoms with Crippen LogP contribution in [-0.4, -0.2) is 21.0 Å². The van der Waals surface area contributed by atoms with Gasteiger partial charge in [0.2, 0.25) is 0 Å². The highest BCUT2D eigenvalue weighted by atomic mass is 19.4. The van der Waals surface area contributed by atoms with Gasteiger partial charge in [0.1, 0.15) is 28.9 Å². The first-order valence-electron chi connectivity index (χ1n) is 8.90. The number of nitriles is 1. The molecule has 31 heavy (non-hydrogen) atoms. The van der Waals surface area contributed by atoms with Gasteiger partial charge < -0.3 is 14.5 Å². The lowest BCUT2D eigenvalue weighted by molar-refractivity contribution is -0.274. The number of ether oxygens (including phenoxy) is 2. The zero-order chi connectivity index (χ0) is 22.2. The molecule has 7 nitrogen and oxygen atoms in total. The molecule has 0 fully saturated rings. The van der Waals surface area contributed by atoms with Gasteiger partial charge in [-0.05, 0) is 48.9 Å². The monoisotopic (exact) mass is 426 g/mol. The fourth-order valence-electron chi connectivity index (χ4n) is 3.09. The Morgan fingerprint density at radius 3 is 2.19 bits per heavy atom. The summed E-state index contributed by atoms with van der Waals surface area (Å²) in [5, 5.41) is 13.1. The SMILES string of the molecule is Cc1[nH]c2c(C#N)cnn2c(=O)c1-c1ccc(Oc2ccc(OC(F)(F)F)cc2)cc1. The number of benzene rings is 2. The third-order valence-electron chi connectivity index (χ3n) is 4.41. The van der Waals surface area contributed by atoms with Gasteiger partial charge >= 0.3 is 6.36 Å². The van der Waals surface area contributed by atoms with Gasteiger partial charge in [-0.3, -0.25) is 4.79 Å². The average molecular weight is 426 g/mol. The number of nitrogens with zero attached hydrogens (tertiary/aromatic N) is 3. The number of rotatable bonds is 4. The molecule has 0 spiro atoms. The first kappa shape index (κ1) is 20.0. The number of H-pyrrole nitrogens is 1. The third kappa shape index (κ3) is 4.06. The van der Waals surface area contributed by atoms with Crippen LogP contribution in [-0.2, 0) is 0 Å². The molecule has 1 N–H and O–H groups in total. The fourth-order valence-corrected chi connectivity index (χ4v) is 3.09. The quantitative estimate of drug-likeness (QED) is 0.517. The van der Waals surface area contributed by atoms with Crippen molar-refractivity contribution in [2.75, 3.05) is 0 Å². The van der Waals surface area contributed by atoms with Crippen LogP contribution in [0.3, 0.4) is 0 Å². The molecule has 0 amide bonds. The van der Waals surface area contributed by atoms with Crippen LogP contribution in [0.25, 0.3) is 16.8 Å². The molecule has 2 aromatic heterocycles. The molecule has 0 saturated carbocycles. The van der Waals surface area contributed by atoms with Gasteiger partial charge in [-0.1, -0.05) is 12.1 Å². The molecule has 0 aliphatic carbocycles. The molecular formula is C21H13F3N4O3. The molecule has 10 heteroatoms. The minimum atomic E-state index is -4.76. The predicted molar refractivity (Wildman–Crippen MR) is 104 cm³/mol. The lowest BCUT2D eigenvalue weighted by atomic mass is 10.1. The van der Waals surface area contributed by atoms with E-state index in [9.17, 15) is 18.0 Å². The molecule has 0 bridgehead atoms. The number of hydrogen-bond acceptors (Lipinski definition) is 5. The van der Waals surface area contributed by atoms with Crippen molar-refractivity contribution in [3.63, 3.8) is 0 Å². The summed E-state index contributed by atoms with van der Waals surface area (Å²) in [4.78, 5) is 15.9. The Labute approximate surface area is 172 Å². The zero-order valence-electron chi connectivity index (χ0n) is 15.9. The maximum Gasteiger partial charge on any atom is 0.573 e. The Kier molecular flexibility index (Phi) is 4.87. The highest BCUT2D eigenvalue weighted by Crippen LogP contribution is 2.29. The summed E-state index contributed by atoms with van der Waals surface area (Å²) in [6, 6.07) is 13.6. The maximum absolute atomic E-state index is 12.8. The highest BCUT2D eigenvalue weighted by molar-refractivity contribution is 5.68. The minimum absolute atomic E-state index is 0.266. The minimum Gasteiger partial charge on any atom is -0.457 e. The van der Waals surface area contributed by atoms with E-state index < -0.39 is 6.36 Å². The van der Waals surface area contributed by atoms with Gasteiger partial charge in [0.15, 0.2) is 5.65 Å². The van der Waals surface area contributed by atoms with E-state index in [-0.39, 0.29) is 16.9 Å². The molecule has 2 heterocycles. The number of nitrogens with one attached hydrogen (secondary N) is 1. The Balaban J connectivity index is 1.58. The van der Waals surface area contributed by atoms with Crippen molar-refractivity contribution in [1.82, 2.24) is 14.6 Å². The summed E-state index contributed by atoms with van der Waals surface area (Å²) in [5.41, 5.74) is 1.79. The Hall–Kier alpha value is -4.26. The van der Waals surface area contributed by atoms with Crippen LogP contribution in [0.2, 0.25) is 0 Å². The molecular weight excluding hydrogens is 413 g/mol.